The van der Waals surface area contributed by atoms with E-state index in [0.29, 0.717) is 10.7 Å². The Morgan fingerprint density at radius 1 is 1.21 bits per heavy atom. The van der Waals surface area contributed by atoms with E-state index in [1.807, 2.05) is 0 Å². The molecular formula is C14H16ClNO8. The molecule has 2 aliphatic heterocycles. The molecule has 2 aliphatic rings. The molecule has 1 amide bonds. The van der Waals surface area contributed by atoms with Crippen molar-refractivity contribution in [3.8, 4) is 5.75 Å². The maximum absolute atomic E-state index is 12.0. The standard InChI is InChI=1S/C14H16ClNO8/c15-5-1-2-6-7(3-5)22-14(12(21)16-6)24-13-11(20)10(19)9(18)8(4-17)23-13/h1-3,8-11,13-14,17-20H,4H2,(H,16,21)/t8-,9-,10+,11-,13+,14?/m1/s1. The van der Waals surface area contributed by atoms with Crippen LogP contribution in [0.1, 0.15) is 0 Å². The number of hydrogen-bond acceptors (Lipinski definition) is 8. The number of carbonyl (C=O) groups is 1. The molecule has 0 bridgehead atoms. The molecule has 0 saturated carbocycles. The third kappa shape index (κ3) is 3.20. The van der Waals surface area contributed by atoms with Gasteiger partial charge in [-0.3, -0.25) is 4.79 Å². The minimum absolute atomic E-state index is 0.261. The molecule has 6 atom stereocenters. The van der Waals surface area contributed by atoms with E-state index < -0.39 is 49.5 Å². The SMILES string of the molecule is O=C1Nc2ccc(Cl)cc2OC1O[C@@H]1O[C@H](CO)[C@@H](O)[C@H](O)[C@H]1O. The number of amides is 1. The Kier molecular flexibility index (Phi) is 4.92. The third-order valence-electron chi connectivity index (χ3n) is 3.76. The number of aliphatic hydroxyl groups excluding tert-OH is 4. The Balaban J connectivity index is 1.74. The van der Waals surface area contributed by atoms with Crippen molar-refractivity contribution in [3.63, 3.8) is 0 Å². The monoisotopic (exact) mass is 361 g/mol. The van der Waals surface area contributed by atoms with E-state index in [-0.39, 0.29) is 5.75 Å². The van der Waals surface area contributed by atoms with Gasteiger partial charge in [0.15, 0.2) is 6.29 Å². The number of rotatable bonds is 3. The van der Waals surface area contributed by atoms with Crippen molar-refractivity contribution < 1.29 is 39.4 Å². The second-order valence-corrected chi connectivity index (χ2v) is 5.85. The number of benzene rings is 1. The molecule has 0 aliphatic carbocycles. The molecule has 10 heteroatoms. The number of anilines is 1. The maximum Gasteiger partial charge on any atom is 0.294 e. The molecule has 24 heavy (non-hydrogen) atoms. The van der Waals surface area contributed by atoms with Crippen molar-refractivity contribution in [2.45, 2.75) is 37.0 Å². The smallest absolute Gasteiger partial charge is 0.294 e. The highest BCUT2D eigenvalue weighted by molar-refractivity contribution is 6.30. The summed E-state index contributed by atoms with van der Waals surface area (Å²) in [5.74, 6) is -0.390. The molecule has 5 N–H and O–H groups in total. The number of aliphatic hydroxyl groups is 4. The second kappa shape index (κ2) is 6.81. The van der Waals surface area contributed by atoms with Crippen LogP contribution in [-0.2, 0) is 14.3 Å². The Morgan fingerprint density at radius 2 is 1.96 bits per heavy atom. The van der Waals surface area contributed by atoms with Gasteiger partial charge in [0.2, 0.25) is 0 Å². The van der Waals surface area contributed by atoms with Crippen LogP contribution in [0.25, 0.3) is 0 Å². The first-order valence-corrected chi connectivity index (χ1v) is 7.51. The van der Waals surface area contributed by atoms with Gasteiger partial charge in [-0.15, -0.1) is 0 Å². The minimum Gasteiger partial charge on any atom is -0.453 e. The van der Waals surface area contributed by atoms with Crippen LogP contribution in [0.15, 0.2) is 18.2 Å². The van der Waals surface area contributed by atoms with Gasteiger partial charge in [-0.25, -0.2) is 0 Å². The normalized spacial score (nSPS) is 35.8. The summed E-state index contributed by atoms with van der Waals surface area (Å²) in [6, 6.07) is 4.60. The predicted octanol–water partition coefficient (Wildman–Crippen LogP) is -1.19. The van der Waals surface area contributed by atoms with Crippen molar-refractivity contribution in [2.75, 3.05) is 11.9 Å². The lowest BCUT2D eigenvalue weighted by molar-refractivity contribution is -0.322. The van der Waals surface area contributed by atoms with Gasteiger partial charge in [-0.1, -0.05) is 11.6 Å². The van der Waals surface area contributed by atoms with E-state index >= 15 is 0 Å². The Bertz CT molecular complexity index is 627. The minimum atomic E-state index is -1.64. The van der Waals surface area contributed by atoms with Crippen molar-refractivity contribution in [2.24, 2.45) is 0 Å². The molecule has 3 rings (SSSR count). The lowest BCUT2D eigenvalue weighted by atomic mass is 9.99. The zero-order chi connectivity index (χ0) is 17.4. The fraction of sp³-hybridized carbons (Fsp3) is 0.500. The number of carbonyl (C=O) groups excluding carboxylic acids is 1. The number of nitrogens with one attached hydrogen (secondary N) is 1. The molecule has 9 nitrogen and oxygen atoms in total. The van der Waals surface area contributed by atoms with Crippen LogP contribution < -0.4 is 10.1 Å². The first-order valence-electron chi connectivity index (χ1n) is 7.13. The summed E-state index contributed by atoms with van der Waals surface area (Å²) in [7, 11) is 0. The van der Waals surface area contributed by atoms with Gasteiger partial charge < -0.3 is 40.0 Å². The number of halogens is 1. The van der Waals surface area contributed by atoms with E-state index in [1.165, 1.54) is 6.07 Å². The van der Waals surface area contributed by atoms with Crippen molar-refractivity contribution >= 4 is 23.2 Å². The zero-order valence-electron chi connectivity index (χ0n) is 12.2. The van der Waals surface area contributed by atoms with Crippen LogP contribution in [0, 0.1) is 0 Å². The fourth-order valence-corrected chi connectivity index (χ4v) is 2.61. The fourth-order valence-electron chi connectivity index (χ4n) is 2.45. The second-order valence-electron chi connectivity index (χ2n) is 5.41. The van der Waals surface area contributed by atoms with E-state index in [4.69, 9.17) is 30.9 Å². The molecule has 132 valence electrons. The number of fused-ring (bicyclic) bond motifs is 1. The van der Waals surface area contributed by atoms with Crippen molar-refractivity contribution in [3.05, 3.63) is 23.2 Å². The van der Waals surface area contributed by atoms with Crippen molar-refractivity contribution in [1.82, 2.24) is 0 Å². The summed E-state index contributed by atoms with van der Waals surface area (Å²) in [5.41, 5.74) is 0.401. The Labute approximate surface area is 141 Å². The van der Waals surface area contributed by atoms with Gasteiger partial charge in [0.1, 0.15) is 30.2 Å². The first kappa shape index (κ1) is 17.4. The first-order chi connectivity index (χ1) is 11.4. The lowest BCUT2D eigenvalue weighted by Crippen LogP contribution is -2.60. The highest BCUT2D eigenvalue weighted by Crippen LogP contribution is 2.33. The molecular weight excluding hydrogens is 346 g/mol. The molecule has 1 unspecified atom stereocenters. The van der Waals surface area contributed by atoms with Crippen LogP contribution in [0.5, 0.6) is 5.75 Å². The summed E-state index contributed by atoms with van der Waals surface area (Å²) in [6.07, 6.45) is -8.89. The van der Waals surface area contributed by atoms with Crippen LogP contribution in [0.3, 0.4) is 0 Å². The van der Waals surface area contributed by atoms with E-state index in [0.717, 1.165) is 0 Å². The summed E-state index contributed by atoms with van der Waals surface area (Å²) in [5, 5.41) is 41.4. The highest BCUT2D eigenvalue weighted by atomic mass is 35.5. The van der Waals surface area contributed by atoms with Crippen LogP contribution in [-0.4, -0.2) is 69.9 Å². The van der Waals surface area contributed by atoms with Crippen LogP contribution in [0.2, 0.25) is 5.02 Å². The Morgan fingerprint density at radius 3 is 2.67 bits per heavy atom. The predicted molar refractivity (Wildman–Crippen MR) is 79.3 cm³/mol. The van der Waals surface area contributed by atoms with E-state index in [2.05, 4.69) is 5.32 Å². The van der Waals surface area contributed by atoms with E-state index in [9.17, 15) is 20.1 Å². The molecule has 1 saturated heterocycles. The summed E-state index contributed by atoms with van der Waals surface area (Å²) < 4.78 is 15.8. The van der Waals surface area contributed by atoms with Gasteiger partial charge in [-0.05, 0) is 12.1 Å². The summed E-state index contributed by atoms with van der Waals surface area (Å²) in [4.78, 5) is 12.0. The van der Waals surface area contributed by atoms with Gasteiger partial charge in [0, 0.05) is 11.1 Å². The average Bonchev–Trinajstić information content (AvgIpc) is 2.56. The highest BCUT2D eigenvalue weighted by Gasteiger charge is 2.46. The molecule has 1 fully saturated rings. The lowest BCUT2D eigenvalue weighted by Gasteiger charge is -2.40. The summed E-state index contributed by atoms with van der Waals surface area (Å²) in [6.45, 7) is -0.610. The molecule has 0 radical (unpaired) electrons. The molecule has 0 aromatic heterocycles. The van der Waals surface area contributed by atoms with Crippen LogP contribution in [0.4, 0.5) is 5.69 Å². The number of hydrogen-bond donors (Lipinski definition) is 5. The van der Waals surface area contributed by atoms with Gasteiger partial charge in [-0.2, -0.15) is 0 Å². The third-order valence-corrected chi connectivity index (χ3v) is 3.99. The average molecular weight is 362 g/mol. The van der Waals surface area contributed by atoms with Gasteiger partial charge in [0.25, 0.3) is 12.2 Å². The quantitative estimate of drug-likeness (QED) is 0.453. The van der Waals surface area contributed by atoms with Crippen LogP contribution >= 0.6 is 11.6 Å². The largest absolute Gasteiger partial charge is 0.453 e. The molecule has 0 spiro atoms. The molecule has 1 aromatic rings. The topological polar surface area (TPSA) is 138 Å². The van der Waals surface area contributed by atoms with Gasteiger partial charge in [0.05, 0.1) is 12.3 Å². The number of ether oxygens (including phenoxy) is 3. The molecule has 2 heterocycles. The molecule has 1 aromatic carbocycles. The summed E-state index contributed by atoms with van der Waals surface area (Å²) >= 11 is 5.86. The van der Waals surface area contributed by atoms with E-state index in [1.54, 1.807) is 12.1 Å². The Hall–Kier alpha value is -1.46. The van der Waals surface area contributed by atoms with Gasteiger partial charge >= 0.3 is 0 Å². The zero-order valence-corrected chi connectivity index (χ0v) is 13.0. The van der Waals surface area contributed by atoms with Crippen molar-refractivity contribution in [1.29, 1.82) is 0 Å². The maximum atomic E-state index is 12.0.